The van der Waals surface area contributed by atoms with Crippen LogP contribution in [0.1, 0.15) is 13.8 Å². The average Bonchev–Trinajstić information content (AvgIpc) is 1.67. The number of hydrogen-bond acceptors (Lipinski definition) is 3. The van der Waals surface area contributed by atoms with Gasteiger partial charge in [-0.05, 0) is 6.92 Å². The minimum absolute atomic E-state index is 0. The zero-order chi connectivity index (χ0) is 6.57. The van der Waals surface area contributed by atoms with E-state index in [0.717, 1.165) is 0 Å². The van der Waals surface area contributed by atoms with Gasteiger partial charge in [0.2, 0.25) is 5.78 Å². The van der Waals surface area contributed by atoms with E-state index < -0.39 is 11.8 Å². The second-order valence-corrected chi connectivity index (χ2v) is 1.28. The van der Waals surface area contributed by atoms with Crippen LogP contribution >= 0.6 is 0 Å². The Morgan fingerprint density at radius 2 is 1.89 bits per heavy atom. The monoisotopic (exact) mass is 155 g/mol. The summed E-state index contributed by atoms with van der Waals surface area (Å²) in [5.41, 5.74) is 0. The smallest absolute Gasteiger partial charge is 0.374 e. The van der Waals surface area contributed by atoms with Crippen molar-refractivity contribution in [3.8, 4) is 0 Å². The van der Waals surface area contributed by atoms with Crippen molar-refractivity contribution < 1.29 is 14.3 Å². The van der Waals surface area contributed by atoms with Crippen LogP contribution in [0.4, 0.5) is 0 Å². The molecule has 0 aromatic heterocycles. The van der Waals surface area contributed by atoms with Gasteiger partial charge in [-0.1, -0.05) is 0 Å². The van der Waals surface area contributed by atoms with Crippen LogP contribution in [-0.4, -0.2) is 69.7 Å². The molecule has 3 nitrogen and oxygen atoms in total. The minimum Gasteiger partial charge on any atom is -0.460 e. The van der Waals surface area contributed by atoms with Crippen LogP contribution in [0, 0.1) is 0 Å². The predicted molar refractivity (Wildman–Crippen MR) is 33.1 cm³/mol. The molecule has 0 rings (SSSR count). The molecular weight excluding hydrogens is 147 g/mol. The molecule has 0 aliphatic heterocycles. The van der Waals surface area contributed by atoms with Crippen molar-refractivity contribution in [2.24, 2.45) is 0 Å². The van der Waals surface area contributed by atoms with Crippen molar-refractivity contribution in [3.05, 3.63) is 0 Å². The van der Waals surface area contributed by atoms with Gasteiger partial charge >= 0.3 is 5.97 Å². The van der Waals surface area contributed by atoms with Crippen molar-refractivity contribution >= 4 is 63.1 Å². The molecule has 0 heterocycles. The van der Waals surface area contributed by atoms with Crippen LogP contribution in [0.2, 0.25) is 0 Å². The van der Waals surface area contributed by atoms with Crippen LogP contribution in [0.25, 0.3) is 0 Å². The Hall–Kier alpha value is 0.776. The number of Topliss-reactive ketones (excluding diaryl/α,β-unsaturated/α-hetero) is 1. The molecule has 0 fully saturated rings. The van der Waals surface area contributed by atoms with Crippen molar-refractivity contribution in [2.45, 2.75) is 13.8 Å². The number of ketones is 1. The first-order valence-corrected chi connectivity index (χ1v) is 2.36. The maximum Gasteiger partial charge on any atom is 0.374 e. The third kappa shape index (κ3) is 6.66. The molecule has 0 aliphatic carbocycles. The summed E-state index contributed by atoms with van der Waals surface area (Å²) in [5.74, 6) is -1.31. The van der Waals surface area contributed by atoms with Gasteiger partial charge in [0, 0.05) is 58.3 Å². The van der Waals surface area contributed by atoms with Gasteiger partial charge < -0.3 is 4.74 Å². The molecule has 47 valence electrons. The van der Waals surface area contributed by atoms with Crippen LogP contribution in [0.5, 0.6) is 0 Å². The maximum atomic E-state index is 10.2. The normalized spacial score (nSPS) is 7.33. The summed E-state index contributed by atoms with van der Waals surface area (Å²) in [6.45, 7) is 3.09. The summed E-state index contributed by atoms with van der Waals surface area (Å²) < 4.78 is 4.31. The van der Waals surface area contributed by atoms with Crippen molar-refractivity contribution in [1.29, 1.82) is 0 Å². The molecule has 0 bridgehead atoms. The van der Waals surface area contributed by atoms with E-state index in [1.165, 1.54) is 6.92 Å². The summed E-state index contributed by atoms with van der Waals surface area (Å²) in [6, 6.07) is 0. The van der Waals surface area contributed by atoms with Crippen LogP contribution in [0.3, 0.4) is 0 Å². The standard InChI is InChI=1S/C5H8O3.K/c1-3-8-5(7)4(2)6;/h3H2,1-2H3;. The Bertz CT molecular complexity index is 111. The molecule has 0 amide bonds. The number of esters is 1. The molecule has 1 radical (unpaired) electrons. The summed E-state index contributed by atoms with van der Waals surface area (Å²) in [7, 11) is 0. The van der Waals surface area contributed by atoms with E-state index in [4.69, 9.17) is 0 Å². The molecule has 0 unspecified atom stereocenters. The van der Waals surface area contributed by atoms with Crippen molar-refractivity contribution in [1.82, 2.24) is 0 Å². The third-order valence-corrected chi connectivity index (χ3v) is 0.563. The second kappa shape index (κ2) is 6.89. The maximum absolute atomic E-state index is 10.2. The van der Waals surface area contributed by atoms with E-state index in [9.17, 15) is 9.59 Å². The first-order valence-electron chi connectivity index (χ1n) is 2.36. The Morgan fingerprint density at radius 3 is 2.00 bits per heavy atom. The van der Waals surface area contributed by atoms with Crippen molar-refractivity contribution in [3.63, 3.8) is 0 Å². The minimum atomic E-state index is -0.757. The molecule has 0 atom stereocenters. The third-order valence-electron chi connectivity index (χ3n) is 0.563. The first-order chi connectivity index (χ1) is 3.68. The zero-order valence-corrected chi connectivity index (χ0v) is 9.05. The molecule has 0 N–H and O–H groups in total. The summed E-state index contributed by atoms with van der Waals surface area (Å²) >= 11 is 0. The Kier molecular flexibility index (Phi) is 9.53. The number of rotatable bonds is 2. The Labute approximate surface area is 96.6 Å². The fourth-order valence-electron chi connectivity index (χ4n) is 0.233. The van der Waals surface area contributed by atoms with E-state index in [0.29, 0.717) is 0 Å². The van der Waals surface area contributed by atoms with Gasteiger partial charge in [-0.3, -0.25) is 4.79 Å². The van der Waals surface area contributed by atoms with E-state index in [1.54, 1.807) is 6.92 Å². The van der Waals surface area contributed by atoms with Gasteiger partial charge in [0.1, 0.15) is 0 Å². The van der Waals surface area contributed by atoms with E-state index in [1.807, 2.05) is 0 Å². The average molecular weight is 155 g/mol. The van der Waals surface area contributed by atoms with E-state index >= 15 is 0 Å². The topological polar surface area (TPSA) is 43.4 Å². The van der Waals surface area contributed by atoms with Crippen molar-refractivity contribution in [2.75, 3.05) is 6.61 Å². The SMILES string of the molecule is CCOC(=O)C(C)=O.[K]. The Morgan fingerprint density at radius 1 is 1.44 bits per heavy atom. The van der Waals surface area contributed by atoms with Gasteiger partial charge in [-0.25, -0.2) is 4.79 Å². The van der Waals surface area contributed by atoms with Gasteiger partial charge in [0.15, 0.2) is 0 Å². The van der Waals surface area contributed by atoms with Gasteiger partial charge in [0.25, 0.3) is 0 Å². The molecule has 0 spiro atoms. The summed E-state index contributed by atoms with van der Waals surface area (Å²) in [6.07, 6.45) is 0. The van der Waals surface area contributed by atoms with Gasteiger partial charge in [0.05, 0.1) is 6.61 Å². The van der Waals surface area contributed by atoms with E-state index in [2.05, 4.69) is 4.74 Å². The van der Waals surface area contributed by atoms with Crippen LogP contribution in [-0.2, 0) is 14.3 Å². The van der Waals surface area contributed by atoms with Gasteiger partial charge in [-0.15, -0.1) is 0 Å². The molecule has 0 saturated heterocycles. The summed E-state index contributed by atoms with van der Waals surface area (Å²) in [4.78, 5) is 20.2. The molecule has 0 aliphatic rings. The fraction of sp³-hybridized carbons (Fsp3) is 0.600. The predicted octanol–water partition coefficient (Wildman–Crippen LogP) is -0.242. The second-order valence-electron chi connectivity index (χ2n) is 1.28. The molecule has 0 aromatic carbocycles. The fourth-order valence-corrected chi connectivity index (χ4v) is 0.233. The molecule has 4 heteroatoms. The first kappa shape index (κ1) is 12.5. The zero-order valence-electron chi connectivity index (χ0n) is 5.93. The largest absolute Gasteiger partial charge is 0.460 e. The number of carbonyl (C=O) groups is 2. The molecule has 0 saturated carbocycles. The number of ether oxygens (including phenoxy) is 1. The number of hydrogen-bond donors (Lipinski definition) is 0. The van der Waals surface area contributed by atoms with Crippen LogP contribution < -0.4 is 0 Å². The molecule has 0 aromatic rings. The quantitative estimate of drug-likeness (QED) is 0.314. The molecule has 9 heavy (non-hydrogen) atoms. The Balaban J connectivity index is 0. The van der Waals surface area contributed by atoms with Crippen LogP contribution in [0.15, 0.2) is 0 Å². The van der Waals surface area contributed by atoms with E-state index in [-0.39, 0.29) is 58.0 Å². The molecular formula is C5H8KO3. The number of carbonyl (C=O) groups excluding carboxylic acids is 2. The van der Waals surface area contributed by atoms with Gasteiger partial charge in [-0.2, -0.15) is 0 Å². The summed E-state index contributed by atoms with van der Waals surface area (Å²) in [5, 5.41) is 0.